The topological polar surface area (TPSA) is 101 Å². The molecule has 2 N–H and O–H groups in total. The summed E-state index contributed by atoms with van der Waals surface area (Å²) in [4.78, 5) is 9.79. The van der Waals surface area contributed by atoms with Crippen molar-refractivity contribution >= 4 is 31.6 Å². The van der Waals surface area contributed by atoms with Crippen LogP contribution in [0.15, 0.2) is 27.6 Å². The lowest BCUT2D eigenvalue weighted by Crippen LogP contribution is -2.37. The highest BCUT2D eigenvalue weighted by Crippen LogP contribution is 2.26. The number of sulfonamides is 1. The quantitative estimate of drug-likeness (QED) is 0.593. The van der Waals surface area contributed by atoms with E-state index in [1.165, 1.54) is 12.1 Å². The van der Waals surface area contributed by atoms with Gasteiger partial charge in [-0.05, 0) is 26.1 Å². The van der Waals surface area contributed by atoms with Gasteiger partial charge in [-0.25, -0.2) is 13.1 Å². The number of nitro benzene ring substituents is 1. The predicted octanol–water partition coefficient (Wildman–Crippen LogP) is 1.24. The van der Waals surface area contributed by atoms with Gasteiger partial charge < -0.3 is 5.32 Å². The van der Waals surface area contributed by atoms with Crippen molar-refractivity contribution in [1.82, 2.24) is 10.0 Å². The summed E-state index contributed by atoms with van der Waals surface area (Å²) in [5.74, 6) is 0. The number of halogens is 1. The minimum atomic E-state index is -3.93. The van der Waals surface area contributed by atoms with E-state index >= 15 is 0 Å². The summed E-state index contributed by atoms with van der Waals surface area (Å²) >= 11 is 3.10. The lowest BCUT2D eigenvalue weighted by Gasteiger charge is -2.12. The minimum Gasteiger partial charge on any atom is -0.316 e. The molecular formula is C10H14BrN3O4S. The van der Waals surface area contributed by atoms with Crippen LogP contribution in [-0.4, -0.2) is 33.0 Å². The van der Waals surface area contributed by atoms with E-state index in [0.717, 1.165) is 6.07 Å². The molecule has 0 radical (unpaired) electrons. The number of nitrogens with one attached hydrogen (secondary N) is 2. The minimum absolute atomic E-state index is 0.0824. The molecule has 0 saturated heterocycles. The first kappa shape index (κ1) is 16.0. The molecular weight excluding hydrogens is 338 g/mol. The van der Waals surface area contributed by atoms with Crippen LogP contribution in [0.4, 0.5) is 5.69 Å². The van der Waals surface area contributed by atoms with Crippen LogP contribution in [0.25, 0.3) is 0 Å². The standard InChI is InChI=1S/C10H14BrN3O4S/c1-7(12-2)6-13-19(17,18)10-5-8(11)3-4-9(10)14(15)16/h3-5,7,12-13H,6H2,1-2H3. The summed E-state index contributed by atoms with van der Waals surface area (Å²) < 4.78 is 26.9. The van der Waals surface area contributed by atoms with Crippen LogP contribution in [0.1, 0.15) is 6.92 Å². The number of likely N-dealkylation sites (N-methyl/N-ethyl adjacent to an activating group) is 1. The second-order valence-electron chi connectivity index (χ2n) is 3.91. The van der Waals surface area contributed by atoms with Gasteiger partial charge in [0.2, 0.25) is 10.0 Å². The Kier molecular flexibility index (Phi) is 5.41. The van der Waals surface area contributed by atoms with Gasteiger partial charge in [0, 0.05) is 23.1 Å². The molecule has 0 aliphatic carbocycles. The van der Waals surface area contributed by atoms with Crippen LogP contribution in [0.3, 0.4) is 0 Å². The van der Waals surface area contributed by atoms with Crippen molar-refractivity contribution in [2.75, 3.05) is 13.6 Å². The lowest BCUT2D eigenvalue weighted by atomic mass is 10.3. The molecule has 0 spiro atoms. The Bertz CT molecular complexity index is 576. The molecule has 0 aliphatic rings. The molecule has 1 aromatic carbocycles. The predicted molar refractivity (Wildman–Crippen MR) is 74.5 cm³/mol. The van der Waals surface area contributed by atoms with E-state index in [9.17, 15) is 18.5 Å². The molecule has 0 amide bonds. The number of hydrogen-bond acceptors (Lipinski definition) is 5. The Morgan fingerprint density at radius 2 is 2.11 bits per heavy atom. The van der Waals surface area contributed by atoms with E-state index in [1.807, 2.05) is 0 Å². The van der Waals surface area contributed by atoms with Gasteiger partial charge in [-0.15, -0.1) is 0 Å². The first-order valence-electron chi connectivity index (χ1n) is 5.39. The van der Waals surface area contributed by atoms with Gasteiger partial charge in [-0.2, -0.15) is 0 Å². The molecule has 106 valence electrons. The molecule has 1 rings (SSSR count). The summed E-state index contributed by atoms with van der Waals surface area (Å²) in [6.07, 6.45) is 0. The molecule has 0 bridgehead atoms. The summed E-state index contributed by atoms with van der Waals surface area (Å²) in [6.45, 7) is 1.93. The van der Waals surface area contributed by atoms with Crippen molar-refractivity contribution in [2.45, 2.75) is 17.9 Å². The Balaban J connectivity index is 3.13. The maximum Gasteiger partial charge on any atom is 0.289 e. The van der Waals surface area contributed by atoms with Crippen LogP contribution in [0, 0.1) is 10.1 Å². The van der Waals surface area contributed by atoms with E-state index in [0.29, 0.717) is 4.47 Å². The third-order valence-corrected chi connectivity index (χ3v) is 4.43. The third kappa shape index (κ3) is 4.23. The van der Waals surface area contributed by atoms with Crippen LogP contribution in [-0.2, 0) is 10.0 Å². The molecule has 19 heavy (non-hydrogen) atoms. The van der Waals surface area contributed by atoms with E-state index in [4.69, 9.17) is 0 Å². The van der Waals surface area contributed by atoms with Gasteiger partial charge in [-0.1, -0.05) is 15.9 Å². The Morgan fingerprint density at radius 1 is 1.47 bits per heavy atom. The van der Waals surface area contributed by atoms with Crippen LogP contribution in [0.5, 0.6) is 0 Å². The van der Waals surface area contributed by atoms with Crippen LogP contribution < -0.4 is 10.0 Å². The molecule has 0 aromatic heterocycles. The van der Waals surface area contributed by atoms with E-state index < -0.39 is 20.6 Å². The van der Waals surface area contributed by atoms with Gasteiger partial charge >= 0.3 is 0 Å². The van der Waals surface area contributed by atoms with Gasteiger partial charge in [-0.3, -0.25) is 10.1 Å². The van der Waals surface area contributed by atoms with Crippen molar-refractivity contribution < 1.29 is 13.3 Å². The van der Waals surface area contributed by atoms with E-state index in [2.05, 4.69) is 26.0 Å². The van der Waals surface area contributed by atoms with Crippen molar-refractivity contribution in [1.29, 1.82) is 0 Å². The highest BCUT2D eigenvalue weighted by Gasteiger charge is 2.26. The molecule has 0 fully saturated rings. The third-order valence-electron chi connectivity index (χ3n) is 2.48. The number of benzene rings is 1. The Morgan fingerprint density at radius 3 is 2.63 bits per heavy atom. The lowest BCUT2D eigenvalue weighted by molar-refractivity contribution is -0.387. The van der Waals surface area contributed by atoms with Gasteiger partial charge in [0.15, 0.2) is 4.90 Å². The van der Waals surface area contributed by atoms with Crippen molar-refractivity contribution in [3.05, 3.63) is 32.8 Å². The Labute approximate surface area is 119 Å². The molecule has 1 unspecified atom stereocenters. The van der Waals surface area contributed by atoms with E-state index in [-0.39, 0.29) is 17.5 Å². The van der Waals surface area contributed by atoms with E-state index in [1.54, 1.807) is 14.0 Å². The normalized spacial score (nSPS) is 13.2. The fourth-order valence-electron chi connectivity index (χ4n) is 1.27. The average molecular weight is 352 g/mol. The first-order valence-corrected chi connectivity index (χ1v) is 7.66. The highest BCUT2D eigenvalue weighted by molar-refractivity contribution is 9.10. The fraction of sp³-hybridized carbons (Fsp3) is 0.400. The monoisotopic (exact) mass is 351 g/mol. The summed E-state index contributed by atoms with van der Waals surface area (Å²) in [6, 6.07) is 3.71. The second-order valence-corrected chi connectivity index (χ2v) is 6.56. The zero-order valence-corrected chi connectivity index (χ0v) is 12.8. The summed E-state index contributed by atoms with van der Waals surface area (Å²) in [5.41, 5.74) is -0.451. The molecule has 0 saturated carbocycles. The zero-order chi connectivity index (χ0) is 14.6. The maximum absolute atomic E-state index is 12.1. The maximum atomic E-state index is 12.1. The van der Waals surface area contributed by atoms with Gasteiger partial charge in [0.25, 0.3) is 5.69 Å². The molecule has 9 heteroatoms. The van der Waals surface area contributed by atoms with Crippen molar-refractivity contribution in [3.8, 4) is 0 Å². The Hall–Kier alpha value is -1.03. The number of nitro groups is 1. The zero-order valence-electron chi connectivity index (χ0n) is 10.4. The van der Waals surface area contributed by atoms with Crippen LogP contribution >= 0.6 is 15.9 Å². The average Bonchev–Trinajstić information content (AvgIpc) is 2.35. The highest BCUT2D eigenvalue weighted by atomic mass is 79.9. The van der Waals surface area contributed by atoms with Gasteiger partial charge in [0.05, 0.1) is 4.92 Å². The molecule has 7 nitrogen and oxygen atoms in total. The van der Waals surface area contributed by atoms with Crippen molar-refractivity contribution in [2.24, 2.45) is 0 Å². The summed E-state index contributed by atoms with van der Waals surface area (Å²) in [7, 11) is -2.23. The largest absolute Gasteiger partial charge is 0.316 e. The van der Waals surface area contributed by atoms with Crippen molar-refractivity contribution in [3.63, 3.8) is 0 Å². The first-order chi connectivity index (χ1) is 8.77. The number of nitrogens with zero attached hydrogens (tertiary/aromatic N) is 1. The van der Waals surface area contributed by atoms with Crippen LogP contribution in [0.2, 0.25) is 0 Å². The molecule has 1 aromatic rings. The second kappa shape index (κ2) is 6.42. The van der Waals surface area contributed by atoms with Gasteiger partial charge in [0.1, 0.15) is 0 Å². The fourth-order valence-corrected chi connectivity index (χ4v) is 3.11. The smallest absolute Gasteiger partial charge is 0.289 e. The number of hydrogen-bond donors (Lipinski definition) is 2. The summed E-state index contributed by atoms with van der Waals surface area (Å²) in [5, 5.41) is 13.7. The molecule has 1 atom stereocenters. The number of rotatable bonds is 6. The molecule has 0 aliphatic heterocycles. The molecule has 0 heterocycles. The SMILES string of the molecule is CNC(C)CNS(=O)(=O)c1cc(Br)ccc1[N+](=O)[O-].